The van der Waals surface area contributed by atoms with Crippen molar-refractivity contribution in [3.63, 3.8) is 0 Å². The van der Waals surface area contributed by atoms with Crippen LogP contribution in [0.3, 0.4) is 0 Å². The van der Waals surface area contributed by atoms with Gasteiger partial charge in [-0.3, -0.25) is 4.79 Å². The van der Waals surface area contributed by atoms with Crippen LogP contribution in [0.15, 0.2) is 0 Å². The molecule has 1 amide bonds. The van der Waals surface area contributed by atoms with Crippen molar-refractivity contribution in [1.29, 1.82) is 0 Å². The predicted molar refractivity (Wildman–Crippen MR) is 67.8 cm³/mol. The number of nitrogens with one attached hydrogen (secondary N) is 2. The third kappa shape index (κ3) is 2.89. The molecule has 0 spiro atoms. The van der Waals surface area contributed by atoms with E-state index in [1.165, 1.54) is 12.8 Å². The van der Waals surface area contributed by atoms with Gasteiger partial charge in [0.05, 0.1) is 6.04 Å². The predicted octanol–water partition coefficient (Wildman–Crippen LogP) is 1.71. The number of carbonyl (C=O) groups is 1. The number of carbonyl (C=O) groups excluding carboxylic acids is 1. The molecule has 2 fully saturated rings. The Morgan fingerprint density at radius 2 is 2.19 bits per heavy atom. The van der Waals surface area contributed by atoms with E-state index >= 15 is 0 Å². The SMILES string of the molecule is CC(C)C1(CNC(=O)[C@@H]2CCCN2)CC1.Cl. The third-order valence-electron chi connectivity index (χ3n) is 4.11. The van der Waals surface area contributed by atoms with E-state index in [0.29, 0.717) is 11.3 Å². The van der Waals surface area contributed by atoms with E-state index < -0.39 is 0 Å². The summed E-state index contributed by atoms with van der Waals surface area (Å²) in [7, 11) is 0. The first-order valence-electron chi connectivity index (χ1n) is 6.15. The number of hydrogen-bond acceptors (Lipinski definition) is 2. The Morgan fingerprint density at radius 3 is 2.62 bits per heavy atom. The highest BCUT2D eigenvalue weighted by atomic mass is 35.5. The molecule has 3 nitrogen and oxygen atoms in total. The molecule has 1 aliphatic carbocycles. The standard InChI is InChI=1S/C12H22N2O.ClH/c1-9(2)12(5-6-12)8-14-11(15)10-4-3-7-13-10;/h9-10,13H,3-8H2,1-2H3,(H,14,15);1H/t10-;/m0./s1. The van der Waals surface area contributed by atoms with Crippen molar-refractivity contribution in [3.05, 3.63) is 0 Å². The van der Waals surface area contributed by atoms with Crippen LogP contribution in [0.4, 0.5) is 0 Å². The molecule has 2 N–H and O–H groups in total. The molecule has 4 heteroatoms. The van der Waals surface area contributed by atoms with E-state index in [1.807, 2.05) is 0 Å². The Kier molecular flexibility index (Phi) is 4.62. The molecular formula is C12H23ClN2O. The van der Waals surface area contributed by atoms with Crippen LogP contribution in [-0.4, -0.2) is 25.0 Å². The molecule has 0 bridgehead atoms. The normalized spacial score (nSPS) is 26.3. The molecule has 0 aromatic rings. The summed E-state index contributed by atoms with van der Waals surface area (Å²) >= 11 is 0. The van der Waals surface area contributed by atoms with Gasteiger partial charge in [0.25, 0.3) is 0 Å². The van der Waals surface area contributed by atoms with Crippen LogP contribution in [0.2, 0.25) is 0 Å². The summed E-state index contributed by atoms with van der Waals surface area (Å²) in [6.45, 7) is 6.38. The lowest BCUT2D eigenvalue weighted by atomic mass is 9.92. The summed E-state index contributed by atoms with van der Waals surface area (Å²) in [5.41, 5.74) is 0.425. The van der Waals surface area contributed by atoms with E-state index in [-0.39, 0.29) is 24.4 Å². The molecule has 2 rings (SSSR count). The molecule has 1 atom stereocenters. The molecule has 94 valence electrons. The Hall–Kier alpha value is -0.280. The molecule has 1 heterocycles. The fourth-order valence-corrected chi connectivity index (χ4v) is 2.41. The lowest BCUT2D eigenvalue weighted by molar-refractivity contribution is -0.123. The first-order chi connectivity index (χ1) is 7.14. The van der Waals surface area contributed by atoms with Gasteiger partial charge < -0.3 is 10.6 Å². The Labute approximate surface area is 104 Å². The topological polar surface area (TPSA) is 41.1 Å². The zero-order chi connectivity index (χ0) is 10.9. The van der Waals surface area contributed by atoms with Crippen LogP contribution in [0, 0.1) is 11.3 Å². The summed E-state index contributed by atoms with van der Waals surface area (Å²) in [6, 6.07) is 0.0768. The molecule has 16 heavy (non-hydrogen) atoms. The zero-order valence-corrected chi connectivity index (χ0v) is 11.0. The van der Waals surface area contributed by atoms with Crippen molar-refractivity contribution in [1.82, 2.24) is 10.6 Å². The fourth-order valence-electron chi connectivity index (χ4n) is 2.41. The van der Waals surface area contributed by atoms with Gasteiger partial charge in [-0.15, -0.1) is 12.4 Å². The molecule has 0 aromatic heterocycles. The summed E-state index contributed by atoms with van der Waals surface area (Å²) in [5, 5.41) is 6.34. The highest BCUT2D eigenvalue weighted by Gasteiger charge is 2.45. The molecule has 0 unspecified atom stereocenters. The molecule has 0 radical (unpaired) electrons. The minimum absolute atomic E-state index is 0. The van der Waals surface area contributed by atoms with Crippen molar-refractivity contribution in [2.75, 3.05) is 13.1 Å². The zero-order valence-electron chi connectivity index (χ0n) is 10.2. The summed E-state index contributed by atoms with van der Waals surface area (Å²) < 4.78 is 0. The molecule has 1 saturated heterocycles. The summed E-state index contributed by atoms with van der Waals surface area (Å²) in [4.78, 5) is 11.8. The summed E-state index contributed by atoms with van der Waals surface area (Å²) in [5.74, 6) is 0.897. The Bertz CT molecular complexity index is 245. The van der Waals surface area contributed by atoms with Gasteiger partial charge >= 0.3 is 0 Å². The van der Waals surface area contributed by atoms with E-state index in [2.05, 4.69) is 24.5 Å². The second kappa shape index (κ2) is 5.37. The molecular weight excluding hydrogens is 224 g/mol. The largest absolute Gasteiger partial charge is 0.354 e. The monoisotopic (exact) mass is 246 g/mol. The van der Waals surface area contributed by atoms with Gasteiger partial charge in [0.15, 0.2) is 0 Å². The van der Waals surface area contributed by atoms with Crippen LogP contribution in [0.1, 0.15) is 39.5 Å². The van der Waals surface area contributed by atoms with E-state index in [4.69, 9.17) is 0 Å². The smallest absolute Gasteiger partial charge is 0.237 e. The highest BCUT2D eigenvalue weighted by molar-refractivity contribution is 5.85. The average molecular weight is 247 g/mol. The maximum atomic E-state index is 11.8. The van der Waals surface area contributed by atoms with Crippen LogP contribution in [0.5, 0.6) is 0 Å². The minimum Gasteiger partial charge on any atom is -0.354 e. The van der Waals surface area contributed by atoms with Crippen molar-refractivity contribution >= 4 is 18.3 Å². The lowest BCUT2D eigenvalue weighted by Crippen LogP contribution is -2.43. The van der Waals surface area contributed by atoms with Gasteiger partial charge in [0, 0.05) is 6.54 Å². The van der Waals surface area contributed by atoms with Crippen LogP contribution in [0.25, 0.3) is 0 Å². The van der Waals surface area contributed by atoms with Crippen molar-refractivity contribution in [2.24, 2.45) is 11.3 Å². The van der Waals surface area contributed by atoms with Gasteiger partial charge in [-0.2, -0.15) is 0 Å². The van der Waals surface area contributed by atoms with Gasteiger partial charge in [-0.1, -0.05) is 13.8 Å². The number of amides is 1. The van der Waals surface area contributed by atoms with Crippen molar-refractivity contribution < 1.29 is 4.79 Å². The second-order valence-corrected chi connectivity index (χ2v) is 5.38. The molecule has 2 aliphatic rings. The van der Waals surface area contributed by atoms with E-state index in [9.17, 15) is 4.79 Å². The van der Waals surface area contributed by atoms with Crippen LogP contribution < -0.4 is 10.6 Å². The van der Waals surface area contributed by atoms with Gasteiger partial charge in [0.2, 0.25) is 5.91 Å². The molecule has 1 aliphatic heterocycles. The fraction of sp³-hybridized carbons (Fsp3) is 0.917. The Balaban J connectivity index is 0.00000128. The van der Waals surface area contributed by atoms with Gasteiger partial charge in [-0.05, 0) is 43.6 Å². The highest BCUT2D eigenvalue weighted by Crippen LogP contribution is 2.51. The number of rotatable bonds is 4. The maximum Gasteiger partial charge on any atom is 0.237 e. The number of hydrogen-bond donors (Lipinski definition) is 2. The second-order valence-electron chi connectivity index (χ2n) is 5.38. The lowest BCUT2D eigenvalue weighted by Gasteiger charge is -2.21. The van der Waals surface area contributed by atoms with E-state index in [0.717, 1.165) is 25.9 Å². The van der Waals surface area contributed by atoms with Gasteiger partial charge in [0.1, 0.15) is 0 Å². The van der Waals surface area contributed by atoms with Gasteiger partial charge in [-0.25, -0.2) is 0 Å². The number of halogens is 1. The third-order valence-corrected chi connectivity index (χ3v) is 4.11. The van der Waals surface area contributed by atoms with Crippen molar-refractivity contribution in [3.8, 4) is 0 Å². The molecule has 1 saturated carbocycles. The quantitative estimate of drug-likeness (QED) is 0.793. The van der Waals surface area contributed by atoms with Crippen LogP contribution in [-0.2, 0) is 4.79 Å². The average Bonchev–Trinajstić information content (AvgIpc) is 2.80. The van der Waals surface area contributed by atoms with Crippen molar-refractivity contribution in [2.45, 2.75) is 45.6 Å². The maximum absolute atomic E-state index is 11.8. The Morgan fingerprint density at radius 1 is 1.50 bits per heavy atom. The first kappa shape index (κ1) is 13.8. The minimum atomic E-state index is 0. The molecule has 0 aromatic carbocycles. The van der Waals surface area contributed by atoms with Crippen LogP contribution >= 0.6 is 12.4 Å². The first-order valence-corrected chi connectivity index (χ1v) is 6.15. The summed E-state index contributed by atoms with van der Waals surface area (Å²) in [6.07, 6.45) is 4.69. The van der Waals surface area contributed by atoms with E-state index in [1.54, 1.807) is 0 Å².